The van der Waals surface area contributed by atoms with Crippen LogP contribution in [-0.4, -0.2) is 0 Å². The SMILES string of the molecule is CCc1cc(C#N)ccc1Sc1ccc(Cl)cc1. The van der Waals surface area contributed by atoms with Crippen LogP contribution in [0.3, 0.4) is 0 Å². The molecular weight excluding hydrogens is 262 g/mol. The predicted molar refractivity (Wildman–Crippen MR) is 76.1 cm³/mol. The van der Waals surface area contributed by atoms with Gasteiger partial charge in [0.25, 0.3) is 0 Å². The lowest BCUT2D eigenvalue weighted by Gasteiger charge is -2.08. The Bertz CT molecular complexity index is 584. The molecule has 1 nitrogen and oxygen atoms in total. The van der Waals surface area contributed by atoms with Crippen molar-refractivity contribution in [3.8, 4) is 6.07 Å². The molecule has 0 amide bonds. The zero-order valence-corrected chi connectivity index (χ0v) is 11.6. The molecule has 0 heterocycles. The van der Waals surface area contributed by atoms with Crippen molar-refractivity contribution < 1.29 is 0 Å². The van der Waals surface area contributed by atoms with Crippen molar-refractivity contribution in [3.05, 3.63) is 58.6 Å². The highest BCUT2D eigenvalue weighted by molar-refractivity contribution is 7.99. The average molecular weight is 274 g/mol. The van der Waals surface area contributed by atoms with Gasteiger partial charge in [-0.15, -0.1) is 0 Å². The molecule has 0 bridgehead atoms. The summed E-state index contributed by atoms with van der Waals surface area (Å²) < 4.78 is 0. The van der Waals surface area contributed by atoms with Crippen molar-refractivity contribution in [1.82, 2.24) is 0 Å². The smallest absolute Gasteiger partial charge is 0.0991 e. The summed E-state index contributed by atoms with van der Waals surface area (Å²) in [5, 5.41) is 9.64. The third-order valence-corrected chi connectivity index (χ3v) is 3.99. The van der Waals surface area contributed by atoms with Crippen molar-refractivity contribution in [2.75, 3.05) is 0 Å². The van der Waals surface area contributed by atoms with E-state index in [0.717, 1.165) is 16.3 Å². The van der Waals surface area contributed by atoms with Crippen molar-refractivity contribution >= 4 is 23.4 Å². The third-order valence-electron chi connectivity index (χ3n) is 2.61. The van der Waals surface area contributed by atoms with E-state index < -0.39 is 0 Å². The van der Waals surface area contributed by atoms with Crippen LogP contribution in [0.25, 0.3) is 0 Å². The van der Waals surface area contributed by atoms with Gasteiger partial charge in [0, 0.05) is 14.8 Å². The number of nitrogens with zero attached hydrogens (tertiary/aromatic N) is 1. The average Bonchev–Trinajstić information content (AvgIpc) is 2.41. The van der Waals surface area contributed by atoms with E-state index in [9.17, 15) is 0 Å². The van der Waals surface area contributed by atoms with Crippen LogP contribution in [0.15, 0.2) is 52.3 Å². The highest BCUT2D eigenvalue weighted by Gasteiger charge is 2.04. The largest absolute Gasteiger partial charge is 0.192 e. The maximum Gasteiger partial charge on any atom is 0.0991 e. The van der Waals surface area contributed by atoms with Crippen LogP contribution in [0.4, 0.5) is 0 Å². The van der Waals surface area contributed by atoms with E-state index in [-0.39, 0.29) is 0 Å². The van der Waals surface area contributed by atoms with Crippen molar-refractivity contribution in [2.24, 2.45) is 0 Å². The van der Waals surface area contributed by atoms with Crippen LogP contribution in [0.2, 0.25) is 5.02 Å². The summed E-state index contributed by atoms with van der Waals surface area (Å²) in [6.07, 6.45) is 0.922. The van der Waals surface area contributed by atoms with Gasteiger partial charge in [-0.25, -0.2) is 0 Å². The predicted octanol–water partition coefficient (Wildman–Crippen LogP) is 4.93. The molecule has 18 heavy (non-hydrogen) atoms. The van der Waals surface area contributed by atoms with E-state index in [1.54, 1.807) is 11.8 Å². The summed E-state index contributed by atoms with van der Waals surface area (Å²) >= 11 is 7.57. The lowest BCUT2D eigenvalue weighted by Crippen LogP contribution is -1.87. The molecular formula is C15H12ClNS. The molecule has 2 rings (SSSR count). The first kappa shape index (κ1) is 13.0. The first-order chi connectivity index (χ1) is 8.72. The quantitative estimate of drug-likeness (QED) is 0.792. The summed E-state index contributed by atoms with van der Waals surface area (Å²) in [6, 6.07) is 15.8. The van der Waals surface area contributed by atoms with Gasteiger partial charge in [0.15, 0.2) is 0 Å². The fourth-order valence-electron chi connectivity index (χ4n) is 1.65. The maximum absolute atomic E-state index is 8.90. The van der Waals surface area contributed by atoms with E-state index in [4.69, 9.17) is 16.9 Å². The van der Waals surface area contributed by atoms with Crippen molar-refractivity contribution in [3.63, 3.8) is 0 Å². The Morgan fingerprint density at radius 3 is 2.50 bits per heavy atom. The molecule has 0 N–H and O–H groups in total. The van der Waals surface area contributed by atoms with Gasteiger partial charge in [-0.1, -0.05) is 30.3 Å². The molecule has 0 unspecified atom stereocenters. The third kappa shape index (κ3) is 3.07. The number of hydrogen-bond donors (Lipinski definition) is 0. The molecule has 0 aromatic heterocycles. The minimum Gasteiger partial charge on any atom is -0.192 e. The topological polar surface area (TPSA) is 23.8 Å². The van der Waals surface area contributed by atoms with Crippen molar-refractivity contribution in [2.45, 2.75) is 23.1 Å². The minimum absolute atomic E-state index is 0.715. The van der Waals surface area contributed by atoms with E-state index in [1.807, 2.05) is 42.5 Å². The zero-order valence-electron chi connectivity index (χ0n) is 9.98. The molecule has 2 aromatic rings. The van der Waals surface area contributed by atoms with Crippen molar-refractivity contribution in [1.29, 1.82) is 5.26 Å². The first-order valence-corrected chi connectivity index (χ1v) is 6.89. The Hall–Kier alpha value is -1.43. The van der Waals surface area contributed by atoms with Gasteiger partial charge in [0.1, 0.15) is 0 Å². The number of benzene rings is 2. The van der Waals surface area contributed by atoms with Gasteiger partial charge in [-0.2, -0.15) is 5.26 Å². The first-order valence-electron chi connectivity index (χ1n) is 5.69. The van der Waals surface area contributed by atoms with E-state index in [0.29, 0.717) is 5.56 Å². The van der Waals surface area contributed by atoms with Crippen LogP contribution < -0.4 is 0 Å². The maximum atomic E-state index is 8.90. The van der Waals surface area contributed by atoms with Crippen LogP contribution in [0.5, 0.6) is 0 Å². The molecule has 2 aromatic carbocycles. The molecule has 0 aliphatic heterocycles. The lowest BCUT2D eigenvalue weighted by molar-refractivity contribution is 1.08. The van der Waals surface area contributed by atoms with Gasteiger partial charge in [0.05, 0.1) is 11.6 Å². The van der Waals surface area contributed by atoms with Gasteiger partial charge >= 0.3 is 0 Å². The standard InChI is InChI=1S/C15H12ClNS/c1-2-12-9-11(10-17)3-8-15(12)18-14-6-4-13(16)5-7-14/h3-9H,2H2,1H3. The van der Waals surface area contributed by atoms with E-state index in [1.165, 1.54) is 10.5 Å². The molecule has 0 radical (unpaired) electrons. The molecule has 0 spiro atoms. The van der Waals surface area contributed by atoms with Gasteiger partial charge in [0.2, 0.25) is 0 Å². The van der Waals surface area contributed by atoms with Gasteiger partial charge < -0.3 is 0 Å². The molecule has 0 saturated carbocycles. The van der Waals surface area contributed by atoms with Crippen LogP contribution in [0.1, 0.15) is 18.1 Å². The Balaban J connectivity index is 2.29. The Labute approximate surface area is 116 Å². The van der Waals surface area contributed by atoms with Gasteiger partial charge in [-0.3, -0.25) is 0 Å². The molecule has 90 valence electrons. The number of hydrogen-bond acceptors (Lipinski definition) is 2. The second-order valence-corrected chi connectivity index (χ2v) is 5.40. The highest BCUT2D eigenvalue weighted by Crippen LogP contribution is 2.31. The normalized spacial score (nSPS) is 10.1. The molecule has 0 fully saturated rings. The summed E-state index contributed by atoms with van der Waals surface area (Å²) in [4.78, 5) is 2.35. The molecule has 0 aliphatic rings. The second kappa shape index (κ2) is 5.95. The molecule has 0 aliphatic carbocycles. The zero-order chi connectivity index (χ0) is 13.0. The summed E-state index contributed by atoms with van der Waals surface area (Å²) in [7, 11) is 0. The van der Waals surface area contributed by atoms with Gasteiger partial charge in [-0.05, 0) is 54.4 Å². The number of aryl methyl sites for hydroxylation is 1. The monoisotopic (exact) mass is 273 g/mol. The molecule has 0 saturated heterocycles. The van der Waals surface area contributed by atoms with E-state index >= 15 is 0 Å². The summed E-state index contributed by atoms with van der Waals surface area (Å²) in [5.74, 6) is 0. The summed E-state index contributed by atoms with van der Waals surface area (Å²) in [6.45, 7) is 2.10. The second-order valence-electron chi connectivity index (χ2n) is 3.84. The number of rotatable bonds is 3. The molecule has 3 heteroatoms. The van der Waals surface area contributed by atoms with Crippen LogP contribution in [-0.2, 0) is 6.42 Å². The van der Waals surface area contributed by atoms with E-state index in [2.05, 4.69) is 13.0 Å². The highest BCUT2D eigenvalue weighted by atomic mass is 35.5. The number of halogens is 1. The fourth-order valence-corrected chi connectivity index (χ4v) is 2.78. The summed E-state index contributed by atoms with van der Waals surface area (Å²) in [5.41, 5.74) is 1.92. The Kier molecular flexibility index (Phi) is 4.30. The van der Waals surface area contributed by atoms with Crippen LogP contribution in [0, 0.1) is 11.3 Å². The minimum atomic E-state index is 0.715. The van der Waals surface area contributed by atoms with Crippen LogP contribution >= 0.6 is 23.4 Å². The molecule has 0 atom stereocenters. The fraction of sp³-hybridized carbons (Fsp3) is 0.133. The Morgan fingerprint density at radius 1 is 1.17 bits per heavy atom. The lowest BCUT2D eigenvalue weighted by atomic mass is 10.1. The Morgan fingerprint density at radius 2 is 1.89 bits per heavy atom. The number of nitriles is 1.